The van der Waals surface area contributed by atoms with Gasteiger partial charge in [-0.05, 0) is 0 Å². The third-order valence-corrected chi connectivity index (χ3v) is 2.09. The number of hydrogen-bond donors (Lipinski definition) is 0. The van der Waals surface area contributed by atoms with E-state index in [-0.39, 0.29) is 5.92 Å². The Balaban J connectivity index is 2.28. The largest absolute Gasteiger partial charge is 0.481 e. The zero-order valence-corrected chi connectivity index (χ0v) is 7.91. The van der Waals surface area contributed by atoms with Crippen LogP contribution in [0.2, 0.25) is 5.15 Å². The Hall–Kier alpha value is -0.870. The molecule has 0 amide bonds. The summed E-state index contributed by atoms with van der Waals surface area (Å²) in [6.07, 6.45) is 0. The second kappa shape index (κ2) is 3.47. The van der Waals surface area contributed by atoms with Gasteiger partial charge in [0.1, 0.15) is 11.0 Å². The highest BCUT2D eigenvalue weighted by Gasteiger charge is 2.24. The van der Waals surface area contributed by atoms with E-state index in [9.17, 15) is 0 Å². The van der Waals surface area contributed by atoms with Crippen LogP contribution in [0.3, 0.4) is 0 Å². The summed E-state index contributed by atoms with van der Waals surface area (Å²) >= 11 is 5.78. The third-order valence-electron chi connectivity index (χ3n) is 1.90. The summed E-state index contributed by atoms with van der Waals surface area (Å²) in [5.74, 6) is 1.48. The predicted molar refractivity (Wildman–Crippen MR) is 47.2 cm³/mol. The summed E-state index contributed by atoms with van der Waals surface area (Å²) < 4.78 is 10.0. The normalized spacial score (nSPS) is 16.8. The van der Waals surface area contributed by atoms with Gasteiger partial charge in [-0.3, -0.25) is 0 Å². The molecular weight excluding hydrogens is 192 g/mol. The van der Waals surface area contributed by atoms with Gasteiger partial charge in [0.05, 0.1) is 26.2 Å². The Kier molecular flexibility index (Phi) is 2.33. The van der Waals surface area contributed by atoms with Crippen LogP contribution in [0.1, 0.15) is 11.7 Å². The van der Waals surface area contributed by atoms with Crippen molar-refractivity contribution in [3.8, 4) is 5.88 Å². The lowest BCUT2D eigenvalue weighted by Gasteiger charge is -2.24. The molecule has 0 saturated carbocycles. The minimum atomic E-state index is 0.271. The molecule has 0 unspecified atom stereocenters. The van der Waals surface area contributed by atoms with Crippen LogP contribution in [0.5, 0.6) is 5.88 Å². The summed E-state index contributed by atoms with van der Waals surface area (Å²) in [6.45, 7) is 1.34. The first-order valence-electron chi connectivity index (χ1n) is 3.96. The molecule has 1 fully saturated rings. The fourth-order valence-corrected chi connectivity index (χ4v) is 1.27. The van der Waals surface area contributed by atoms with Crippen LogP contribution in [0.15, 0.2) is 6.07 Å². The van der Waals surface area contributed by atoms with Crippen molar-refractivity contribution >= 4 is 11.6 Å². The molecule has 1 aromatic heterocycles. The lowest BCUT2D eigenvalue weighted by molar-refractivity contribution is 0.00466. The molecule has 13 heavy (non-hydrogen) atoms. The zero-order chi connectivity index (χ0) is 9.26. The predicted octanol–water partition coefficient (Wildman–Crippen LogP) is 1.25. The van der Waals surface area contributed by atoms with E-state index in [0.717, 1.165) is 0 Å². The Morgan fingerprint density at radius 2 is 2.31 bits per heavy atom. The fourth-order valence-electron chi connectivity index (χ4n) is 1.09. The van der Waals surface area contributed by atoms with Crippen LogP contribution in [0, 0.1) is 0 Å². The van der Waals surface area contributed by atoms with E-state index in [1.807, 2.05) is 0 Å². The van der Waals surface area contributed by atoms with E-state index < -0.39 is 0 Å². The highest BCUT2D eigenvalue weighted by Crippen LogP contribution is 2.24. The number of rotatable bonds is 2. The molecule has 4 nitrogen and oxygen atoms in total. The SMILES string of the molecule is COc1cc(Cl)nc(C2COC2)n1. The molecule has 5 heteroatoms. The molecule has 1 saturated heterocycles. The standard InChI is InChI=1S/C8H9ClN2O2/c1-12-7-2-6(9)10-8(11-7)5-3-13-4-5/h2,5H,3-4H2,1H3. The molecule has 0 N–H and O–H groups in total. The average molecular weight is 201 g/mol. The van der Waals surface area contributed by atoms with Gasteiger partial charge in [0, 0.05) is 6.07 Å². The number of halogens is 1. The summed E-state index contributed by atoms with van der Waals surface area (Å²) in [4.78, 5) is 8.27. The van der Waals surface area contributed by atoms with Crippen molar-refractivity contribution in [1.29, 1.82) is 0 Å². The first-order chi connectivity index (χ1) is 6.29. The maximum absolute atomic E-state index is 5.78. The highest BCUT2D eigenvalue weighted by molar-refractivity contribution is 6.29. The summed E-state index contributed by atoms with van der Waals surface area (Å²) in [5.41, 5.74) is 0. The van der Waals surface area contributed by atoms with Crippen molar-refractivity contribution in [2.75, 3.05) is 20.3 Å². The van der Waals surface area contributed by atoms with E-state index in [2.05, 4.69) is 9.97 Å². The van der Waals surface area contributed by atoms with E-state index in [1.165, 1.54) is 0 Å². The number of nitrogens with zero attached hydrogens (tertiary/aromatic N) is 2. The third kappa shape index (κ3) is 1.73. The van der Waals surface area contributed by atoms with Gasteiger partial charge in [0.25, 0.3) is 0 Å². The first-order valence-corrected chi connectivity index (χ1v) is 4.33. The second-order valence-electron chi connectivity index (χ2n) is 2.83. The Bertz CT molecular complexity index is 315. The van der Waals surface area contributed by atoms with Crippen LogP contribution in [0.25, 0.3) is 0 Å². The molecule has 70 valence electrons. The van der Waals surface area contributed by atoms with E-state index in [4.69, 9.17) is 21.1 Å². The van der Waals surface area contributed by atoms with Crippen molar-refractivity contribution < 1.29 is 9.47 Å². The number of aromatic nitrogens is 2. The van der Waals surface area contributed by atoms with Crippen LogP contribution in [-0.4, -0.2) is 30.3 Å². The maximum Gasteiger partial charge on any atom is 0.217 e. The van der Waals surface area contributed by atoms with Crippen molar-refractivity contribution in [2.24, 2.45) is 0 Å². The molecule has 1 aliphatic heterocycles. The lowest BCUT2D eigenvalue weighted by atomic mass is 10.1. The molecule has 0 aliphatic carbocycles. The number of methoxy groups -OCH3 is 1. The fraction of sp³-hybridized carbons (Fsp3) is 0.500. The zero-order valence-electron chi connectivity index (χ0n) is 7.16. The summed E-state index contributed by atoms with van der Waals surface area (Å²) in [6, 6.07) is 1.59. The average Bonchev–Trinajstić information content (AvgIpc) is 2.00. The molecule has 1 aromatic rings. The van der Waals surface area contributed by atoms with Crippen LogP contribution in [-0.2, 0) is 4.74 Å². The van der Waals surface area contributed by atoms with Crippen molar-refractivity contribution in [3.05, 3.63) is 17.0 Å². The molecule has 0 spiro atoms. The Labute approximate surface area is 80.9 Å². The van der Waals surface area contributed by atoms with Gasteiger partial charge in [-0.25, -0.2) is 4.98 Å². The van der Waals surface area contributed by atoms with E-state index >= 15 is 0 Å². The molecule has 0 radical (unpaired) electrons. The summed E-state index contributed by atoms with van der Waals surface area (Å²) in [7, 11) is 1.56. The second-order valence-corrected chi connectivity index (χ2v) is 3.21. The van der Waals surface area contributed by atoms with E-state index in [0.29, 0.717) is 30.1 Å². The molecule has 2 rings (SSSR count). The van der Waals surface area contributed by atoms with Gasteiger partial charge in [-0.2, -0.15) is 4.98 Å². The molecule has 0 atom stereocenters. The smallest absolute Gasteiger partial charge is 0.217 e. The molecule has 0 bridgehead atoms. The quantitative estimate of drug-likeness (QED) is 0.674. The lowest BCUT2D eigenvalue weighted by Crippen LogP contribution is -2.27. The number of ether oxygens (including phenoxy) is 2. The van der Waals surface area contributed by atoms with Crippen LogP contribution in [0.4, 0.5) is 0 Å². The first kappa shape index (κ1) is 8.72. The van der Waals surface area contributed by atoms with Crippen LogP contribution < -0.4 is 4.74 Å². The molecule has 0 aromatic carbocycles. The minimum absolute atomic E-state index is 0.271. The van der Waals surface area contributed by atoms with Gasteiger partial charge in [0.15, 0.2) is 0 Å². The van der Waals surface area contributed by atoms with Gasteiger partial charge < -0.3 is 9.47 Å². The van der Waals surface area contributed by atoms with Crippen molar-refractivity contribution in [1.82, 2.24) is 9.97 Å². The van der Waals surface area contributed by atoms with Gasteiger partial charge in [-0.15, -0.1) is 0 Å². The Morgan fingerprint density at radius 1 is 1.54 bits per heavy atom. The van der Waals surface area contributed by atoms with Gasteiger partial charge in [-0.1, -0.05) is 11.6 Å². The van der Waals surface area contributed by atoms with Crippen molar-refractivity contribution in [3.63, 3.8) is 0 Å². The van der Waals surface area contributed by atoms with Gasteiger partial charge in [0.2, 0.25) is 5.88 Å². The highest BCUT2D eigenvalue weighted by atomic mass is 35.5. The molecule has 2 heterocycles. The van der Waals surface area contributed by atoms with E-state index in [1.54, 1.807) is 13.2 Å². The monoisotopic (exact) mass is 200 g/mol. The molecule has 1 aliphatic rings. The summed E-state index contributed by atoms with van der Waals surface area (Å²) in [5, 5.41) is 0.411. The molecular formula is C8H9ClN2O2. The maximum atomic E-state index is 5.78. The van der Waals surface area contributed by atoms with Gasteiger partial charge >= 0.3 is 0 Å². The minimum Gasteiger partial charge on any atom is -0.481 e. The van der Waals surface area contributed by atoms with Crippen LogP contribution >= 0.6 is 11.6 Å². The Morgan fingerprint density at radius 3 is 2.85 bits per heavy atom. The topological polar surface area (TPSA) is 44.2 Å². The van der Waals surface area contributed by atoms with Crippen molar-refractivity contribution in [2.45, 2.75) is 5.92 Å². The number of hydrogen-bond acceptors (Lipinski definition) is 4.